The van der Waals surface area contributed by atoms with Gasteiger partial charge < -0.3 is 56.8 Å². The summed E-state index contributed by atoms with van der Waals surface area (Å²) in [6, 6.07) is 21.8. The van der Waals surface area contributed by atoms with E-state index in [0.29, 0.717) is 0 Å². The molecule has 0 unspecified atom stereocenters. The summed E-state index contributed by atoms with van der Waals surface area (Å²) in [5.74, 6) is 0. The molecule has 136 valence electrons. The molecule has 11 nitrogen and oxygen atoms in total. The molecule has 0 aliphatic heterocycles. The van der Waals surface area contributed by atoms with E-state index in [4.69, 9.17) is 24.0 Å². The van der Waals surface area contributed by atoms with Crippen LogP contribution in [-0.4, -0.2) is 164 Å². The molecule has 0 bridgehead atoms. The van der Waals surface area contributed by atoms with E-state index in [1.165, 1.54) is 0 Å². The van der Waals surface area contributed by atoms with Gasteiger partial charge in [0.2, 0.25) is 18.4 Å². The fraction of sp³-hybridized carbons (Fsp3) is 0.167. The van der Waals surface area contributed by atoms with Crippen LogP contribution in [0.2, 0.25) is 0 Å². The van der Waals surface area contributed by atoms with Crippen molar-refractivity contribution in [3.8, 4) is 30.0 Å². The van der Waals surface area contributed by atoms with Crippen molar-refractivity contribution in [2.24, 2.45) is 0 Å². The van der Waals surface area contributed by atoms with Crippen LogP contribution >= 0.6 is 0 Å². The Hall–Kier alpha value is 2.26. The van der Waals surface area contributed by atoms with Crippen molar-refractivity contribution in [1.29, 1.82) is 0 Å². The first kappa shape index (κ1) is 125. The quantitative estimate of drug-likeness (QED) is 0.293. The first-order valence-electron chi connectivity index (χ1n) is 2.50. The van der Waals surface area contributed by atoms with Gasteiger partial charge in [-0.3, -0.25) is 0 Å². The van der Waals surface area contributed by atoms with E-state index in [9.17, 15) is 0 Å². The predicted octanol–water partition coefficient (Wildman–Crippen LogP) is -12.1. The summed E-state index contributed by atoms with van der Waals surface area (Å²) in [6.07, 6.45) is 0. The Kier molecular flexibility index (Phi) is 1590. The van der Waals surface area contributed by atoms with Gasteiger partial charge in [-0.1, -0.05) is 35.0 Å². The zero-order valence-electron chi connectivity index (χ0n) is 12.8. The third-order valence-electron chi connectivity index (χ3n) is 0. The first-order chi connectivity index (χ1) is 7.07. The molecule has 0 rings (SSSR count). The third kappa shape index (κ3) is 3020. The van der Waals surface area contributed by atoms with E-state index in [1.807, 2.05) is 0 Å². The summed E-state index contributed by atoms with van der Waals surface area (Å²) in [5, 5.41) is 0. The van der Waals surface area contributed by atoms with E-state index < -0.39 is 46.0 Å². The van der Waals surface area contributed by atoms with Crippen molar-refractivity contribution < 1.29 is 86.4 Å². The van der Waals surface area contributed by atoms with Crippen LogP contribution in [0.1, 0.15) is 7.43 Å². The van der Waals surface area contributed by atoms with Crippen LogP contribution in [0.3, 0.4) is 0 Å². The van der Waals surface area contributed by atoms with Gasteiger partial charge in [-0.05, 0) is 0 Å². The maximum Gasteiger partial charge on any atom is 2.00 e. The van der Waals surface area contributed by atoms with Crippen molar-refractivity contribution in [2.45, 2.75) is 7.43 Å². The van der Waals surface area contributed by atoms with Gasteiger partial charge in [-0.2, -0.15) is 18.0 Å². The Labute approximate surface area is 241 Å². The molecule has 0 aliphatic carbocycles. The van der Waals surface area contributed by atoms with Gasteiger partial charge in [0.05, 0.1) is 0 Å². The minimum Gasteiger partial charge on any atom is -0.870 e. The molecule has 0 aromatic heterocycles. The van der Waals surface area contributed by atoms with Crippen molar-refractivity contribution >= 4 is 121 Å². The molecule has 0 atom stereocenters. The molecular weight excluding hydrogens is 492 g/mol. The summed E-state index contributed by atoms with van der Waals surface area (Å²) in [4.78, 5) is 41.0. The van der Waals surface area contributed by atoms with Gasteiger partial charge in [-0.15, -0.1) is 12.0 Å². The molecule has 0 spiro atoms. The summed E-state index contributed by atoms with van der Waals surface area (Å²) >= 11 is 0. The van der Waals surface area contributed by atoms with Crippen LogP contribution in [0, 0.1) is 30.0 Å². The molecule has 0 aromatic rings. The predicted molar refractivity (Wildman–Crippen MR) is 92.8 cm³/mol. The summed E-state index contributed by atoms with van der Waals surface area (Å²) in [6.45, 7) is 0. The van der Waals surface area contributed by atoms with Crippen LogP contribution in [0.25, 0.3) is 0 Å². The third-order valence-corrected chi connectivity index (χ3v) is 0. The Bertz CT molecular complexity index is 226. The van der Waals surface area contributed by atoms with Gasteiger partial charge in [0.25, 0.3) is 0 Å². The first-order valence-corrected chi connectivity index (χ1v) is 7.51. The molecule has 11 N–H and O–H groups in total. The van der Waals surface area contributed by atoms with Gasteiger partial charge in [0, 0.05) is 0 Å². The van der Waals surface area contributed by atoms with Crippen molar-refractivity contribution in [1.82, 2.24) is 0 Å². The average molecular weight is 512 g/mol. The normalized spacial score (nSPS) is 1.40. The second kappa shape index (κ2) is 318. The summed E-state index contributed by atoms with van der Waals surface area (Å²) < 4.78 is 0. The van der Waals surface area contributed by atoms with E-state index in [-0.39, 0.29) is 145 Å². The largest absolute Gasteiger partial charge is 2.00 e. The van der Waals surface area contributed by atoms with Crippen LogP contribution < -0.4 is 43.9 Å². The van der Waals surface area contributed by atoms with Crippen molar-refractivity contribution in [3.63, 3.8) is 0 Å². The number of hydrogen-bond donors (Lipinski definition) is 2. The topological polar surface area (TPSA) is 294 Å². The Morgan fingerprint density at radius 3 is 0.560 bits per heavy atom. The zero-order valence-corrected chi connectivity index (χ0v) is 24.2. The SMILES string of the molecule is C.C#[Si]O.C#[Si]O.C#[Si][O-].C#[Si][O-].C#[Si][O-].O.O.O.[Ca+2].[Ca+2].[Na+].[OH-].[OH-].[OH-]. The van der Waals surface area contributed by atoms with E-state index >= 15 is 0 Å². The molecular formula is C6H20Ca2NaO11Si5-. The van der Waals surface area contributed by atoms with Crippen LogP contribution in [0.4, 0.5) is 0 Å². The van der Waals surface area contributed by atoms with Crippen molar-refractivity contribution in [3.05, 3.63) is 0 Å². The molecule has 0 aliphatic rings. The maximum atomic E-state index is 8.74. The van der Waals surface area contributed by atoms with E-state index in [1.54, 1.807) is 0 Å². The smallest absolute Gasteiger partial charge is 0.870 e. The van der Waals surface area contributed by atoms with Gasteiger partial charge in [0.15, 0.2) is 0 Å². The van der Waals surface area contributed by atoms with Gasteiger partial charge in [-0.25, -0.2) is 0 Å². The monoisotopic (exact) mass is 511 g/mol. The second-order valence-corrected chi connectivity index (χ2v) is 1.84. The Morgan fingerprint density at radius 1 is 0.560 bits per heavy atom. The molecule has 19 heteroatoms. The minimum absolute atomic E-state index is 0. The van der Waals surface area contributed by atoms with Gasteiger partial charge in [0.1, 0.15) is 0 Å². The number of rotatable bonds is 0. The molecule has 0 aromatic carbocycles. The zero-order chi connectivity index (χ0) is 13.5. The van der Waals surface area contributed by atoms with Crippen LogP contribution in [0.5, 0.6) is 0 Å². The number of hydrogen-bond acceptors (Lipinski definition) is 8. The van der Waals surface area contributed by atoms with Crippen molar-refractivity contribution in [2.75, 3.05) is 0 Å². The molecule has 0 amide bonds. The van der Waals surface area contributed by atoms with E-state index in [2.05, 4.69) is 30.0 Å². The van der Waals surface area contributed by atoms with Crippen LogP contribution in [0.15, 0.2) is 0 Å². The van der Waals surface area contributed by atoms with E-state index in [0.717, 1.165) is 0 Å². The Morgan fingerprint density at radius 2 is 0.560 bits per heavy atom. The summed E-state index contributed by atoms with van der Waals surface area (Å²) in [5.41, 5.74) is 0. The molecule has 0 saturated heterocycles. The average Bonchev–Trinajstić information content (AvgIpc) is 2.09. The molecule has 0 radical (unpaired) electrons. The maximum absolute atomic E-state index is 8.74. The van der Waals surface area contributed by atoms with Crippen LogP contribution in [-0.2, 0) is 0 Å². The molecule has 0 heterocycles. The standard InChI is InChI=1S/2CH2OSi.3CHOSi.CH4.2Ca.Na.6H2O/c5*1-3-2;;;;;;;;;;/h2*1-2H;3*1H;1H4;;;;6*1H2/q;;3*-1;;2*+2;+1;;;;;;/p-3. The molecule has 25 heavy (non-hydrogen) atoms. The molecule has 0 saturated carbocycles. The summed E-state index contributed by atoms with van der Waals surface area (Å²) in [7, 11) is -2.83. The minimum atomic E-state index is -0.667. The fourth-order valence-corrected chi connectivity index (χ4v) is 0. The van der Waals surface area contributed by atoms with Gasteiger partial charge >= 0.3 is 105 Å². The fourth-order valence-electron chi connectivity index (χ4n) is 0. The second-order valence-electron chi connectivity index (χ2n) is 0.612. The Balaban J connectivity index is -0.00000000350. The molecule has 0 fully saturated rings.